The van der Waals surface area contributed by atoms with Gasteiger partial charge in [-0.2, -0.15) is 0 Å². The number of benzene rings is 3. The number of hydrogen-bond acceptors (Lipinski definition) is 7. The van der Waals surface area contributed by atoms with E-state index in [1.165, 1.54) is 0 Å². The molecule has 0 fully saturated rings. The van der Waals surface area contributed by atoms with E-state index in [0.717, 1.165) is 27.1 Å². The van der Waals surface area contributed by atoms with Gasteiger partial charge in [0.1, 0.15) is 30.4 Å². The lowest BCUT2D eigenvalue weighted by Crippen LogP contribution is -2.19. The second kappa shape index (κ2) is 12.2. The maximum atomic E-state index is 12.3. The fourth-order valence-corrected chi connectivity index (χ4v) is 3.55. The standard InChI is InChI=1S/C28H25BrN2O5/c1-3-33-28(32)26(21-11-13-23(29)14-12-21)31-35-17-20-9-15-24(16-10-20)34-18-25-19(2)36-27(30-25)22-7-5-4-6-8-22/h4-16H,3,17-18H2,1-2H3/b31-26+. The summed E-state index contributed by atoms with van der Waals surface area (Å²) in [5, 5.41) is 4.05. The molecule has 0 aliphatic carbocycles. The molecule has 0 aliphatic heterocycles. The van der Waals surface area contributed by atoms with Gasteiger partial charge in [0.2, 0.25) is 5.89 Å². The van der Waals surface area contributed by atoms with Crippen LogP contribution in [0, 0.1) is 6.92 Å². The molecule has 0 saturated heterocycles. The number of hydrogen-bond donors (Lipinski definition) is 0. The van der Waals surface area contributed by atoms with Crippen LogP contribution >= 0.6 is 15.9 Å². The SMILES string of the molecule is CCOC(=O)/C(=N/OCc1ccc(OCc2nc(-c3ccccc3)oc2C)cc1)c1ccc(Br)cc1. The van der Waals surface area contributed by atoms with Gasteiger partial charge in [-0.05, 0) is 55.8 Å². The van der Waals surface area contributed by atoms with Crippen molar-refractivity contribution in [3.8, 4) is 17.2 Å². The van der Waals surface area contributed by atoms with Crippen LogP contribution < -0.4 is 4.74 Å². The van der Waals surface area contributed by atoms with Gasteiger partial charge in [-0.15, -0.1) is 0 Å². The summed E-state index contributed by atoms with van der Waals surface area (Å²) in [5.41, 5.74) is 3.26. The highest BCUT2D eigenvalue weighted by molar-refractivity contribution is 9.10. The van der Waals surface area contributed by atoms with Crippen LogP contribution in [0.4, 0.5) is 0 Å². The number of carbonyl (C=O) groups is 1. The van der Waals surface area contributed by atoms with Crippen molar-refractivity contribution in [3.63, 3.8) is 0 Å². The van der Waals surface area contributed by atoms with Crippen LogP contribution in [0.1, 0.15) is 29.5 Å². The highest BCUT2D eigenvalue weighted by Gasteiger charge is 2.17. The molecule has 1 heterocycles. The molecule has 4 aromatic rings. The number of ether oxygens (including phenoxy) is 2. The van der Waals surface area contributed by atoms with Crippen LogP contribution in [-0.2, 0) is 27.6 Å². The molecule has 0 aliphatic rings. The molecule has 3 aromatic carbocycles. The van der Waals surface area contributed by atoms with Gasteiger partial charge < -0.3 is 18.7 Å². The number of aryl methyl sites for hydroxylation is 1. The minimum Gasteiger partial charge on any atom is -0.487 e. The normalized spacial score (nSPS) is 11.2. The summed E-state index contributed by atoms with van der Waals surface area (Å²) in [4.78, 5) is 22.4. The van der Waals surface area contributed by atoms with E-state index in [9.17, 15) is 4.79 Å². The van der Waals surface area contributed by atoms with Gasteiger partial charge in [-0.25, -0.2) is 9.78 Å². The fourth-order valence-electron chi connectivity index (χ4n) is 3.29. The van der Waals surface area contributed by atoms with E-state index in [-0.39, 0.29) is 18.9 Å². The topological polar surface area (TPSA) is 83.2 Å². The predicted molar refractivity (Wildman–Crippen MR) is 140 cm³/mol. The largest absolute Gasteiger partial charge is 0.487 e. The number of oxazole rings is 1. The Hall–Kier alpha value is -3.91. The van der Waals surface area contributed by atoms with Gasteiger partial charge in [0.05, 0.1) is 6.61 Å². The molecule has 1 aromatic heterocycles. The van der Waals surface area contributed by atoms with Crippen molar-refractivity contribution < 1.29 is 23.5 Å². The van der Waals surface area contributed by atoms with Gasteiger partial charge in [0.15, 0.2) is 5.71 Å². The van der Waals surface area contributed by atoms with E-state index in [4.69, 9.17) is 18.7 Å². The Balaban J connectivity index is 1.35. The maximum Gasteiger partial charge on any atom is 0.361 e. The lowest BCUT2D eigenvalue weighted by atomic mass is 10.1. The molecule has 0 bridgehead atoms. The highest BCUT2D eigenvalue weighted by atomic mass is 79.9. The summed E-state index contributed by atoms with van der Waals surface area (Å²) in [7, 11) is 0. The number of nitrogens with zero attached hydrogens (tertiary/aromatic N) is 2. The minimum atomic E-state index is -0.540. The maximum absolute atomic E-state index is 12.3. The van der Waals surface area contributed by atoms with Crippen molar-refractivity contribution >= 4 is 27.6 Å². The number of halogens is 1. The zero-order valence-electron chi connectivity index (χ0n) is 19.9. The van der Waals surface area contributed by atoms with E-state index >= 15 is 0 Å². The minimum absolute atomic E-state index is 0.113. The second-order valence-electron chi connectivity index (χ2n) is 7.76. The van der Waals surface area contributed by atoms with Crippen LogP contribution in [0.15, 0.2) is 92.9 Å². The van der Waals surface area contributed by atoms with Crippen LogP contribution in [-0.4, -0.2) is 23.3 Å². The molecular weight excluding hydrogens is 524 g/mol. The molecule has 0 amide bonds. The molecule has 184 valence electrons. The van der Waals surface area contributed by atoms with E-state index in [1.54, 1.807) is 19.1 Å². The third kappa shape index (κ3) is 6.60. The third-order valence-corrected chi connectivity index (χ3v) is 5.71. The molecule has 0 saturated carbocycles. The van der Waals surface area contributed by atoms with Gasteiger partial charge >= 0.3 is 5.97 Å². The lowest BCUT2D eigenvalue weighted by molar-refractivity contribution is -0.135. The molecule has 7 nitrogen and oxygen atoms in total. The van der Waals surface area contributed by atoms with Crippen molar-refractivity contribution in [1.29, 1.82) is 0 Å². The number of oxime groups is 1. The molecule has 0 N–H and O–H groups in total. The van der Waals surface area contributed by atoms with Gasteiger partial charge in [0.25, 0.3) is 0 Å². The average Bonchev–Trinajstić information content (AvgIpc) is 3.28. The first-order chi connectivity index (χ1) is 17.5. The Morgan fingerprint density at radius 2 is 1.69 bits per heavy atom. The number of rotatable bonds is 10. The summed E-state index contributed by atoms with van der Waals surface area (Å²) < 4.78 is 17.7. The van der Waals surface area contributed by atoms with Crippen molar-refractivity contribution in [1.82, 2.24) is 4.98 Å². The zero-order chi connectivity index (χ0) is 25.3. The third-order valence-electron chi connectivity index (χ3n) is 5.19. The number of aromatic nitrogens is 1. The van der Waals surface area contributed by atoms with Crippen molar-refractivity contribution in [3.05, 3.63) is 106 Å². The summed E-state index contributed by atoms with van der Waals surface area (Å²) in [5.74, 6) is 1.44. The Kier molecular flexibility index (Phi) is 8.52. The smallest absolute Gasteiger partial charge is 0.361 e. The second-order valence-corrected chi connectivity index (χ2v) is 8.68. The van der Waals surface area contributed by atoms with Crippen LogP contribution in [0.5, 0.6) is 5.75 Å². The fraction of sp³-hybridized carbons (Fsp3) is 0.179. The lowest BCUT2D eigenvalue weighted by Gasteiger charge is -2.08. The first-order valence-electron chi connectivity index (χ1n) is 11.4. The molecule has 36 heavy (non-hydrogen) atoms. The Bertz CT molecular complexity index is 1320. The average molecular weight is 549 g/mol. The molecule has 0 radical (unpaired) electrons. The molecule has 0 unspecified atom stereocenters. The van der Waals surface area contributed by atoms with Crippen LogP contribution in [0.2, 0.25) is 0 Å². The van der Waals surface area contributed by atoms with Gasteiger partial charge in [-0.3, -0.25) is 0 Å². The summed E-state index contributed by atoms with van der Waals surface area (Å²) in [6.45, 7) is 4.34. The Labute approximate surface area is 217 Å². The van der Waals surface area contributed by atoms with Crippen molar-refractivity contribution in [2.75, 3.05) is 6.61 Å². The van der Waals surface area contributed by atoms with E-state index in [1.807, 2.05) is 73.7 Å². The van der Waals surface area contributed by atoms with Gasteiger partial charge in [0, 0.05) is 15.6 Å². The molecule has 8 heteroatoms. The monoisotopic (exact) mass is 548 g/mol. The zero-order valence-corrected chi connectivity index (χ0v) is 21.5. The van der Waals surface area contributed by atoms with Crippen LogP contribution in [0.3, 0.4) is 0 Å². The number of esters is 1. The van der Waals surface area contributed by atoms with E-state index in [2.05, 4.69) is 26.1 Å². The summed E-state index contributed by atoms with van der Waals surface area (Å²) in [6.07, 6.45) is 0. The first-order valence-corrected chi connectivity index (χ1v) is 12.2. The Morgan fingerprint density at radius 1 is 0.972 bits per heavy atom. The molecule has 0 atom stereocenters. The summed E-state index contributed by atoms with van der Waals surface area (Å²) >= 11 is 3.38. The van der Waals surface area contributed by atoms with Crippen molar-refractivity contribution in [2.45, 2.75) is 27.1 Å². The molecular formula is C28H25BrN2O5. The predicted octanol–water partition coefficient (Wildman–Crippen LogP) is 6.48. The van der Waals surface area contributed by atoms with Crippen molar-refractivity contribution in [2.24, 2.45) is 5.16 Å². The molecule has 0 spiro atoms. The highest BCUT2D eigenvalue weighted by Crippen LogP contribution is 2.23. The quantitative estimate of drug-likeness (QED) is 0.128. The van der Waals surface area contributed by atoms with E-state index in [0.29, 0.717) is 23.8 Å². The molecule has 4 rings (SSSR count). The van der Waals surface area contributed by atoms with Crippen LogP contribution in [0.25, 0.3) is 11.5 Å². The first kappa shape index (κ1) is 25.2. The van der Waals surface area contributed by atoms with E-state index < -0.39 is 5.97 Å². The number of carbonyl (C=O) groups excluding carboxylic acids is 1. The Morgan fingerprint density at radius 3 is 2.39 bits per heavy atom. The summed E-state index contributed by atoms with van der Waals surface area (Å²) in [6, 6.07) is 24.4. The van der Waals surface area contributed by atoms with Gasteiger partial charge in [-0.1, -0.05) is 63.6 Å².